The van der Waals surface area contributed by atoms with Gasteiger partial charge in [-0.25, -0.2) is 4.98 Å². The summed E-state index contributed by atoms with van der Waals surface area (Å²) in [5, 5.41) is 6.56. The van der Waals surface area contributed by atoms with Crippen LogP contribution in [0.25, 0.3) is 0 Å². The molecule has 1 aliphatic rings. The number of aromatic nitrogens is 1. The summed E-state index contributed by atoms with van der Waals surface area (Å²) >= 11 is 1.77. The van der Waals surface area contributed by atoms with Crippen molar-refractivity contribution < 1.29 is 0 Å². The lowest BCUT2D eigenvalue weighted by atomic mass is 9.94. The molecule has 3 nitrogen and oxygen atoms in total. The number of nitrogens with one attached hydrogen (secondary N) is 1. The summed E-state index contributed by atoms with van der Waals surface area (Å²) in [6, 6.07) is 0. The Morgan fingerprint density at radius 2 is 2.24 bits per heavy atom. The Balaban J connectivity index is 1.80. The SMILES string of the molecule is CCC1CCN(Cc2csc(CNC)n2)CC1. The molecule has 96 valence electrons. The van der Waals surface area contributed by atoms with Gasteiger partial charge in [0.05, 0.1) is 5.69 Å². The number of piperidine rings is 1. The molecule has 1 aliphatic heterocycles. The van der Waals surface area contributed by atoms with Gasteiger partial charge in [0.25, 0.3) is 0 Å². The summed E-state index contributed by atoms with van der Waals surface area (Å²) in [6.07, 6.45) is 4.07. The van der Waals surface area contributed by atoms with Crippen molar-refractivity contribution in [2.75, 3.05) is 20.1 Å². The van der Waals surface area contributed by atoms with E-state index in [4.69, 9.17) is 0 Å². The van der Waals surface area contributed by atoms with E-state index in [1.54, 1.807) is 11.3 Å². The predicted molar refractivity (Wildman–Crippen MR) is 73.2 cm³/mol. The Kier molecular flexibility index (Phi) is 4.95. The highest BCUT2D eigenvalue weighted by molar-refractivity contribution is 7.09. The van der Waals surface area contributed by atoms with Gasteiger partial charge in [-0.1, -0.05) is 13.3 Å². The fraction of sp³-hybridized carbons (Fsp3) is 0.769. The summed E-state index contributed by atoms with van der Waals surface area (Å²) in [5.74, 6) is 0.960. The molecule has 1 fully saturated rings. The van der Waals surface area contributed by atoms with Crippen LogP contribution >= 0.6 is 11.3 Å². The van der Waals surface area contributed by atoms with Crippen LogP contribution in [0.2, 0.25) is 0 Å². The van der Waals surface area contributed by atoms with Gasteiger partial charge in [-0.3, -0.25) is 4.90 Å². The van der Waals surface area contributed by atoms with Crippen LogP contribution < -0.4 is 5.32 Å². The first-order valence-corrected chi connectivity index (χ1v) is 7.50. The van der Waals surface area contributed by atoms with E-state index < -0.39 is 0 Å². The van der Waals surface area contributed by atoms with Crippen LogP contribution in [-0.2, 0) is 13.1 Å². The molecular formula is C13H23N3S. The molecule has 0 radical (unpaired) electrons. The van der Waals surface area contributed by atoms with Gasteiger partial charge in [-0.15, -0.1) is 11.3 Å². The van der Waals surface area contributed by atoms with Crippen molar-refractivity contribution in [1.29, 1.82) is 0 Å². The minimum Gasteiger partial charge on any atom is -0.314 e. The molecule has 0 spiro atoms. The molecule has 0 aliphatic carbocycles. The lowest BCUT2D eigenvalue weighted by molar-refractivity contribution is 0.173. The largest absolute Gasteiger partial charge is 0.314 e. The maximum Gasteiger partial charge on any atom is 0.107 e. The summed E-state index contributed by atoms with van der Waals surface area (Å²) in [5.41, 5.74) is 1.25. The highest BCUT2D eigenvalue weighted by Crippen LogP contribution is 2.21. The first-order chi connectivity index (χ1) is 8.31. The topological polar surface area (TPSA) is 28.2 Å². The quantitative estimate of drug-likeness (QED) is 0.874. The van der Waals surface area contributed by atoms with Crippen molar-refractivity contribution in [1.82, 2.24) is 15.2 Å². The monoisotopic (exact) mass is 253 g/mol. The van der Waals surface area contributed by atoms with Gasteiger partial charge < -0.3 is 5.32 Å². The number of rotatable bonds is 5. The lowest BCUT2D eigenvalue weighted by Gasteiger charge is -2.30. The normalized spacial score (nSPS) is 18.7. The van der Waals surface area contributed by atoms with Gasteiger partial charge in [-0.05, 0) is 38.9 Å². The fourth-order valence-corrected chi connectivity index (χ4v) is 3.23. The number of likely N-dealkylation sites (tertiary alicyclic amines) is 1. The summed E-state index contributed by atoms with van der Waals surface area (Å²) in [7, 11) is 1.97. The maximum atomic E-state index is 4.65. The molecule has 4 heteroatoms. The average Bonchev–Trinajstić information content (AvgIpc) is 2.78. The van der Waals surface area contributed by atoms with Gasteiger partial charge in [-0.2, -0.15) is 0 Å². The van der Waals surface area contributed by atoms with Crippen molar-refractivity contribution in [2.24, 2.45) is 5.92 Å². The molecule has 0 amide bonds. The van der Waals surface area contributed by atoms with Crippen molar-refractivity contribution in [3.63, 3.8) is 0 Å². The van der Waals surface area contributed by atoms with Gasteiger partial charge in [0.2, 0.25) is 0 Å². The maximum absolute atomic E-state index is 4.65. The zero-order valence-electron chi connectivity index (χ0n) is 10.9. The molecule has 2 heterocycles. The second kappa shape index (κ2) is 6.47. The van der Waals surface area contributed by atoms with E-state index in [1.807, 2.05) is 7.05 Å². The summed E-state index contributed by atoms with van der Waals surface area (Å²) < 4.78 is 0. The number of hydrogen-bond acceptors (Lipinski definition) is 4. The van der Waals surface area contributed by atoms with E-state index in [9.17, 15) is 0 Å². The van der Waals surface area contributed by atoms with Crippen LogP contribution in [0.1, 0.15) is 36.9 Å². The van der Waals surface area contributed by atoms with Gasteiger partial charge >= 0.3 is 0 Å². The van der Waals surface area contributed by atoms with Crippen molar-refractivity contribution in [3.8, 4) is 0 Å². The molecule has 1 saturated heterocycles. The second-order valence-corrected chi connectivity index (χ2v) is 5.83. The second-order valence-electron chi connectivity index (χ2n) is 4.89. The minimum atomic E-state index is 0.891. The fourth-order valence-electron chi connectivity index (χ4n) is 2.44. The Morgan fingerprint density at radius 3 is 2.88 bits per heavy atom. The highest BCUT2D eigenvalue weighted by atomic mass is 32.1. The predicted octanol–water partition coefficient (Wildman–Crippen LogP) is 2.48. The molecule has 17 heavy (non-hydrogen) atoms. The van der Waals surface area contributed by atoms with E-state index in [2.05, 4.69) is 27.5 Å². The number of nitrogens with zero attached hydrogens (tertiary/aromatic N) is 2. The number of hydrogen-bond donors (Lipinski definition) is 1. The van der Waals surface area contributed by atoms with E-state index in [0.29, 0.717) is 0 Å². The molecule has 0 atom stereocenters. The number of thiazole rings is 1. The van der Waals surface area contributed by atoms with Crippen molar-refractivity contribution in [3.05, 3.63) is 16.1 Å². The average molecular weight is 253 g/mol. The first kappa shape index (κ1) is 13.0. The van der Waals surface area contributed by atoms with Gasteiger partial charge in [0.15, 0.2) is 0 Å². The zero-order valence-corrected chi connectivity index (χ0v) is 11.7. The molecule has 1 aromatic rings. The van der Waals surface area contributed by atoms with Crippen LogP contribution in [0.5, 0.6) is 0 Å². The molecular weight excluding hydrogens is 230 g/mol. The van der Waals surface area contributed by atoms with Crippen LogP contribution in [0, 0.1) is 5.92 Å². The van der Waals surface area contributed by atoms with E-state index in [-0.39, 0.29) is 0 Å². The third-order valence-corrected chi connectivity index (χ3v) is 4.50. The molecule has 2 rings (SSSR count). The third-order valence-electron chi connectivity index (χ3n) is 3.60. The van der Waals surface area contributed by atoms with Gasteiger partial charge in [0, 0.05) is 18.5 Å². The highest BCUT2D eigenvalue weighted by Gasteiger charge is 2.18. The van der Waals surface area contributed by atoms with E-state index in [0.717, 1.165) is 19.0 Å². The molecule has 0 bridgehead atoms. The molecule has 0 unspecified atom stereocenters. The van der Waals surface area contributed by atoms with Crippen molar-refractivity contribution >= 4 is 11.3 Å². The summed E-state index contributed by atoms with van der Waals surface area (Å²) in [4.78, 5) is 7.19. The van der Waals surface area contributed by atoms with Gasteiger partial charge in [0.1, 0.15) is 5.01 Å². The standard InChI is InChI=1S/C13H23N3S/c1-3-11-4-6-16(7-5-11)9-12-10-17-13(15-12)8-14-2/h10-11,14H,3-9H2,1-2H3. The minimum absolute atomic E-state index is 0.891. The molecule has 0 saturated carbocycles. The zero-order chi connectivity index (χ0) is 12.1. The Bertz CT molecular complexity index is 329. The Hall–Kier alpha value is -0.450. The summed E-state index contributed by atoms with van der Waals surface area (Å²) in [6.45, 7) is 6.73. The van der Waals surface area contributed by atoms with E-state index in [1.165, 1.54) is 43.1 Å². The molecule has 1 aromatic heterocycles. The van der Waals surface area contributed by atoms with Crippen LogP contribution in [-0.4, -0.2) is 30.0 Å². The lowest BCUT2D eigenvalue weighted by Crippen LogP contribution is -2.33. The Labute approximate surface area is 108 Å². The van der Waals surface area contributed by atoms with Crippen LogP contribution in [0.15, 0.2) is 5.38 Å². The molecule has 1 N–H and O–H groups in total. The first-order valence-electron chi connectivity index (χ1n) is 6.62. The Morgan fingerprint density at radius 1 is 1.47 bits per heavy atom. The molecule has 0 aromatic carbocycles. The smallest absolute Gasteiger partial charge is 0.107 e. The van der Waals surface area contributed by atoms with E-state index >= 15 is 0 Å². The third kappa shape index (κ3) is 3.76. The van der Waals surface area contributed by atoms with Crippen LogP contribution in [0.3, 0.4) is 0 Å². The van der Waals surface area contributed by atoms with Crippen LogP contribution in [0.4, 0.5) is 0 Å². The van der Waals surface area contributed by atoms with Crippen molar-refractivity contribution in [2.45, 2.75) is 39.3 Å².